The van der Waals surface area contributed by atoms with Crippen molar-refractivity contribution in [2.75, 3.05) is 11.6 Å². The first-order valence-corrected chi connectivity index (χ1v) is 4.30. The summed E-state index contributed by atoms with van der Waals surface area (Å²) in [4.78, 5) is 22.9. The first-order chi connectivity index (χ1) is 6.74. The lowest BCUT2D eigenvalue weighted by Gasteiger charge is -1.97. The van der Waals surface area contributed by atoms with E-state index in [1.165, 1.54) is 17.2 Å². The largest absolute Gasteiger partial charge is 0.382 e. The van der Waals surface area contributed by atoms with Gasteiger partial charge < -0.3 is 5.73 Å². The number of aromatic nitrogens is 4. The molecular weight excluding hydrogens is 206 g/mol. The third-order valence-corrected chi connectivity index (χ3v) is 1.97. The number of carbonyl (C=O) groups is 1. The number of alkyl halides is 1. The molecule has 0 spiro atoms. The van der Waals surface area contributed by atoms with Gasteiger partial charge in [0.05, 0.1) is 0 Å². The van der Waals surface area contributed by atoms with Crippen molar-refractivity contribution in [3.63, 3.8) is 0 Å². The third-order valence-electron chi connectivity index (χ3n) is 1.74. The van der Waals surface area contributed by atoms with Crippen molar-refractivity contribution in [3.05, 3.63) is 12.7 Å². The molecule has 0 aliphatic heterocycles. The topological polar surface area (TPSA) is 86.7 Å². The molecule has 0 amide bonds. The van der Waals surface area contributed by atoms with E-state index in [-0.39, 0.29) is 17.6 Å². The van der Waals surface area contributed by atoms with Crippen LogP contribution in [0, 0.1) is 0 Å². The highest BCUT2D eigenvalue weighted by Crippen LogP contribution is 2.13. The quantitative estimate of drug-likeness (QED) is 0.685. The number of rotatable bonds is 1. The zero-order valence-corrected chi connectivity index (χ0v) is 7.77. The van der Waals surface area contributed by atoms with Gasteiger partial charge in [0.25, 0.3) is 0 Å². The number of nitrogen functional groups attached to an aromatic ring is 1. The summed E-state index contributed by atoms with van der Waals surface area (Å²) in [6, 6.07) is 0. The minimum atomic E-state index is -0.299. The Morgan fingerprint density at radius 1 is 1.50 bits per heavy atom. The fraction of sp³-hybridized carbons (Fsp3) is 0.143. The molecule has 0 saturated heterocycles. The zero-order chi connectivity index (χ0) is 10.1. The fourth-order valence-electron chi connectivity index (χ4n) is 1.10. The van der Waals surface area contributed by atoms with Crippen LogP contribution in [0.1, 0.15) is 4.79 Å². The van der Waals surface area contributed by atoms with Crippen LogP contribution in [0.2, 0.25) is 0 Å². The number of nitrogens with zero attached hydrogens (tertiary/aromatic N) is 4. The van der Waals surface area contributed by atoms with E-state index in [2.05, 4.69) is 15.0 Å². The molecule has 6 nitrogen and oxygen atoms in total. The predicted octanol–water partition coefficient (Wildman–Crippen LogP) is 0.287. The van der Waals surface area contributed by atoms with Crippen molar-refractivity contribution in [2.24, 2.45) is 0 Å². The summed E-state index contributed by atoms with van der Waals surface area (Å²) in [5, 5.41) is 0. The summed E-state index contributed by atoms with van der Waals surface area (Å²) in [5.74, 6) is -0.182. The van der Waals surface area contributed by atoms with Gasteiger partial charge in [-0.05, 0) is 0 Å². The van der Waals surface area contributed by atoms with Gasteiger partial charge in [0.1, 0.15) is 18.5 Å². The van der Waals surface area contributed by atoms with Crippen molar-refractivity contribution in [2.45, 2.75) is 0 Å². The van der Waals surface area contributed by atoms with Gasteiger partial charge in [-0.2, -0.15) is 0 Å². The molecule has 2 heterocycles. The van der Waals surface area contributed by atoms with Crippen molar-refractivity contribution in [1.82, 2.24) is 19.5 Å². The van der Waals surface area contributed by atoms with Crippen LogP contribution in [-0.4, -0.2) is 31.3 Å². The maximum Gasteiger partial charge on any atom is 0.248 e. The van der Waals surface area contributed by atoms with Gasteiger partial charge in [-0.15, -0.1) is 11.6 Å². The summed E-state index contributed by atoms with van der Waals surface area (Å²) >= 11 is 5.41. The molecule has 7 heteroatoms. The molecule has 0 unspecified atom stereocenters. The van der Waals surface area contributed by atoms with Gasteiger partial charge in [0.2, 0.25) is 5.91 Å². The number of halogens is 1. The molecule has 14 heavy (non-hydrogen) atoms. The fourth-order valence-corrected chi connectivity index (χ4v) is 1.23. The molecule has 2 aromatic heterocycles. The SMILES string of the molecule is Nc1ncnc2c1ncn2C(=O)CCl. The monoisotopic (exact) mass is 211 g/mol. The summed E-state index contributed by atoms with van der Waals surface area (Å²) in [7, 11) is 0. The van der Waals surface area contributed by atoms with Crippen molar-refractivity contribution < 1.29 is 4.79 Å². The standard InChI is InChI=1S/C7H6ClN5O/c8-1-4(14)13-3-12-5-6(9)10-2-11-7(5)13/h2-3H,1H2,(H2,9,10,11). The molecule has 72 valence electrons. The lowest BCUT2D eigenvalue weighted by atomic mass is 10.5. The Morgan fingerprint density at radius 2 is 2.29 bits per heavy atom. The van der Waals surface area contributed by atoms with Crippen LogP contribution in [0.25, 0.3) is 11.2 Å². The molecule has 2 rings (SSSR count). The summed E-state index contributed by atoms with van der Waals surface area (Å²) in [5.41, 5.74) is 6.33. The second-order valence-electron chi connectivity index (χ2n) is 2.57. The van der Waals surface area contributed by atoms with E-state index in [1.807, 2.05) is 0 Å². The minimum absolute atomic E-state index is 0.130. The average molecular weight is 212 g/mol. The van der Waals surface area contributed by atoms with Crippen LogP contribution in [0.4, 0.5) is 5.82 Å². The lowest BCUT2D eigenvalue weighted by molar-refractivity contribution is 0.0944. The third kappa shape index (κ3) is 1.20. The normalized spacial score (nSPS) is 10.6. The average Bonchev–Trinajstić information content (AvgIpc) is 2.62. The van der Waals surface area contributed by atoms with E-state index in [0.717, 1.165) is 0 Å². The number of hydrogen-bond acceptors (Lipinski definition) is 5. The second kappa shape index (κ2) is 3.22. The Kier molecular flexibility index (Phi) is 2.05. The van der Waals surface area contributed by atoms with Crippen LogP contribution in [0.15, 0.2) is 12.7 Å². The molecule has 2 aromatic rings. The lowest BCUT2D eigenvalue weighted by Crippen LogP contribution is -2.11. The maximum absolute atomic E-state index is 11.3. The zero-order valence-electron chi connectivity index (χ0n) is 7.01. The van der Waals surface area contributed by atoms with Gasteiger partial charge in [0.15, 0.2) is 17.0 Å². The summed E-state index contributed by atoms with van der Waals surface area (Å²) in [6.07, 6.45) is 2.61. The first-order valence-electron chi connectivity index (χ1n) is 3.76. The number of nitrogens with two attached hydrogens (primary N) is 1. The number of carbonyl (C=O) groups excluding carboxylic acids is 1. The molecule has 0 bridgehead atoms. The second-order valence-corrected chi connectivity index (χ2v) is 2.84. The van der Waals surface area contributed by atoms with E-state index in [4.69, 9.17) is 17.3 Å². The molecule has 0 saturated carbocycles. The highest BCUT2D eigenvalue weighted by atomic mass is 35.5. The van der Waals surface area contributed by atoms with Crippen LogP contribution in [-0.2, 0) is 0 Å². The van der Waals surface area contributed by atoms with Crippen molar-refractivity contribution in [1.29, 1.82) is 0 Å². The molecule has 0 aliphatic carbocycles. The number of imidazole rings is 1. The maximum atomic E-state index is 11.3. The van der Waals surface area contributed by atoms with E-state index in [9.17, 15) is 4.79 Å². The van der Waals surface area contributed by atoms with Gasteiger partial charge in [-0.3, -0.25) is 9.36 Å². The smallest absolute Gasteiger partial charge is 0.248 e. The Balaban J connectivity index is 2.70. The number of hydrogen-bond donors (Lipinski definition) is 1. The van der Waals surface area contributed by atoms with Gasteiger partial charge in [0, 0.05) is 0 Å². The van der Waals surface area contributed by atoms with Crippen LogP contribution >= 0.6 is 11.6 Å². The molecule has 0 atom stereocenters. The molecule has 0 aromatic carbocycles. The Labute approximate surface area is 83.7 Å². The van der Waals surface area contributed by atoms with E-state index >= 15 is 0 Å². The number of fused-ring (bicyclic) bond motifs is 1. The van der Waals surface area contributed by atoms with Crippen LogP contribution in [0.5, 0.6) is 0 Å². The Morgan fingerprint density at radius 3 is 3.00 bits per heavy atom. The molecule has 0 aliphatic rings. The van der Waals surface area contributed by atoms with Gasteiger partial charge in [-0.1, -0.05) is 0 Å². The van der Waals surface area contributed by atoms with E-state index in [0.29, 0.717) is 11.2 Å². The van der Waals surface area contributed by atoms with Crippen LogP contribution < -0.4 is 5.73 Å². The van der Waals surface area contributed by atoms with E-state index in [1.54, 1.807) is 0 Å². The summed E-state index contributed by atoms with van der Waals surface area (Å²) < 4.78 is 1.25. The van der Waals surface area contributed by atoms with Gasteiger partial charge in [-0.25, -0.2) is 15.0 Å². The molecular formula is C7H6ClN5O. The first kappa shape index (κ1) is 8.89. The van der Waals surface area contributed by atoms with Gasteiger partial charge >= 0.3 is 0 Å². The highest BCUT2D eigenvalue weighted by Gasteiger charge is 2.11. The Hall–Kier alpha value is -1.69. The summed E-state index contributed by atoms with van der Waals surface area (Å²) in [6.45, 7) is 0. The van der Waals surface area contributed by atoms with Crippen molar-refractivity contribution >= 4 is 34.5 Å². The predicted molar refractivity (Wildman–Crippen MR) is 51.1 cm³/mol. The van der Waals surface area contributed by atoms with Crippen molar-refractivity contribution in [3.8, 4) is 0 Å². The van der Waals surface area contributed by atoms with E-state index < -0.39 is 0 Å². The minimum Gasteiger partial charge on any atom is -0.382 e. The Bertz CT molecular complexity index is 494. The number of anilines is 1. The highest BCUT2D eigenvalue weighted by molar-refractivity contribution is 6.28. The molecule has 0 radical (unpaired) electrons. The molecule has 2 N–H and O–H groups in total. The van der Waals surface area contributed by atoms with Crippen LogP contribution in [0.3, 0.4) is 0 Å². The molecule has 0 fully saturated rings.